The van der Waals surface area contributed by atoms with E-state index in [1.807, 2.05) is 37.3 Å². The predicted molar refractivity (Wildman–Crippen MR) is 96.8 cm³/mol. The Morgan fingerprint density at radius 3 is 2.71 bits per heavy atom. The third-order valence-electron chi connectivity index (χ3n) is 4.39. The van der Waals surface area contributed by atoms with Gasteiger partial charge in [0.05, 0.1) is 12.2 Å². The molecule has 0 aromatic heterocycles. The fraction of sp³-hybridized carbons (Fsp3) is 0.350. The lowest BCUT2D eigenvalue weighted by Gasteiger charge is -2.27. The van der Waals surface area contributed by atoms with Gasteiger partial charge in [-0.15, -0.1) is 0 Å². The van der Waals surface area contributed by atoms with Gasteiger partial charge in [-0.05, 0) is 44.0 Å². The van der Waals surface area contributed by atoms with Crippen LogP contribution in [0.1, 0.15) is 30.1 Å². The second-order valence-electron chi connectivity index (χ2n) is 5.96. The second kappa shape index (κ2) is 7.86. The quantitative estimate of drug-likeness (QED) is 0.884. The first-order chi connectivity index (χ1) is 11.8. The summed E-state index contributed by atoms with van der Waals surface area (Å²) >= 11 is 0. The van der Waals surface area contributed by atoms with Gasteiger partial charge in [0.1, 0.15) is 5.75 Å². The number of nitrogens with zero attached hydrogens (tertiary/aromatic N) is 1. The van der Waals surface area contributed by atoms with E-state index in [-0.39, 0.29) is 5.91 Å². The van der Waals surface area contributed by atoms with Crippen LogP contribution in [-0.4, -0.2) is 31.6 Å². The number of hydrogen-bond donors (Lipinski definition) is 1. The lowest BCUT2D eigenvalue weighted by Crippen LogP contribution is -2.40. The smallest absolute Gasteiger partial charge is 0.255 e. The number of amides is 1. The van der Waals surface area contributed by atoms with Gasteiger partial charge in [0.15, 0.2) is 0 Å². The Bertz CT molecular complexity index is 672. The van der Waals surface area contributed by atoms with E-state index in [0.29, 0.717) is 30.5 Å². The average molecular weight is 324 g/mol. The number of carbonyl (C=O) groups is 1. The van der Waals surface area contributed by atoms with E-state index in [1.54, 1.807) is 0 Å². The number of ether oxygens (including phenoxy) is 1. The van der Waals surface area contributed by atoms with Crippen LogP contribution in [0.3, 0.4) is 0 Å². The van der Waals surface area contributed by atoms with Crippen LogP contribution in [-0.2, 0) is 0 Å². The summed E-state index contributed by atoms with van der Waals surface area (Å²) in [5.74, 6) is 0.572. The molecule has 0 aliphatic carbocycles. The van der Waals surface area contributed by atoms with Gasteiger partial charge in [0, 0.05) is 24.8 Å². The second-order valence-corrected chi connectivity index (χ2v) is 5.96. The molecule has 1 saturated heterocycles. The SMILES string of the molecule is CCOc1ccccc1C(=O)NCC1CCCN1c1ccccc1. The van der Waals surface area contributed by atoms with Crippen molar-refractivity contribution in [3.05, 3.63) is 60.2 Å². The first-order valence-corrected chi connectivity index (χ1v) is 8.61. The Morgan fingerprint density at radius 1 is 1.17 bits per heavy atom. The zero-order valence-corrected chi connectivity index (χ0v) is 14.1. The number of nitrogens with one attached hydrogen (secondary N) is 1. The van der Waals surface area contributed by atoms with Gasteiger partial charge >= 0.3 is 0 Å². The molecule has 2 aromatic carbocycles. The molecule has 1 N–H and O–H groups in total. The van der Waals surface area contributed by atoms with Gasteiger partial charge in [-0.25, -0.2) is 0 Å². The first-order valence-electron chi connectivity index (χ1n) is 8.61. The molecule has 1 amide bonds. The van der Waals surface area contributed by atoms with Gasteiger partial charge in [0.25, 0.3) is 5.91 Å². The molecule has 1 aliphatic rings. The molecule has 3 rings (SSSR count). The van der Waals surface area contributed by atoms with Crippen LogP contribution >= 0.6 is 0 Å². The number of benzene rings is 2. The third-order valence-corrected chi connectivity index (χ3v) is 4.39. The summed E-state index contributed by atoms with van der Waals surface area (Å²) < 4.78 is 5.55. The van der Waals surface area contributed by atoms with E-state index in [0.717, 1.165) is 19.4 Å². The first kappa shape index (κ1) is 16.4. The van der Waals surface area contributed by atoms with Crippen molar-refractivity contribution in [1.82, 2.24) is 5.32 Å². The van der Waals surface area contributed by atoms with Crippen LogP contribution in [0.2, 0.25) is 0 Å². The standard InChI is InChI=1S/C20H24N2O2/c1-2-24-19-13-7-6-12-18(19)20(23)21-15-17-11-8-14-22(17)16-9-4-3-5-10-16/h3-7,9-10,12-13,17H,2,8,11,14-15H2,1H3,(H,21,23). The predicted octanol–water partition coefficient (Wildman–Crippen LogP) is 3.48. The summed E-state index contributed by atoms with van der Waals surface area (Å²) in [6, 6.07) is 18.1. The highest BCUT2D eigenvalue weighted by molar-refractivity contribution is 5.96. The molecule has 2 aromatic rings. The Kier molecular flexibility index (Phi) is 5.36. The topological polar surface area (TPSA) is 41.6 Å². The van der Waals surface area contributed by atoms with Gasteiger partial charge < -0.3 is 15.0 Å². The molecule has 4 heteroatoms. The fourth-order valence-electron chi connectivity index (χ4n) is 3.25. The fourth-order valence-corrected chi connectivity index (χ4v) is 3.25. The van der Waals surface area contributed by atoms with Gasteiger partial charge in [-0.1, -0.05) is 30.3 Å². The van der Waals surface area contributed by atoms with E-state index in [9.17, 15) is 4.79 Å². The molecule has 24 heavy (non-hydrogen) atoms. The summed E-state index contributed by atoms with van der Waals surface area (Å²) in [4.78, 5) is 14.9. The highest BCUT2D eigenvalue weighted by Crippen LogP contribution is 2.25. The monoisotopic (exact) mass is 324 g/mol. The van der Waals surface area contributed by atoms with E-state index < -0.39 is 0 Å². The van der Waals surface area contributed by atoms with E-state index in [1.165, 1.54) is 5.69 Å². The third kappa shape index (κ3) is 3.70. The van der Waals surface area contributed by atoms with Crippen LogP contribution in [0, 0.1) is 0 Å². The van der Waals surface area contributed by atoms with Crippen molar-refractivity contribution in [3.8, 4) is 5.75 Å². The highest BCUT2D eigenvalue weighted by Gasteiger charge is 2.25. The van der Waals surface area contributed by atoms with Crippen LogP contribution in [0.25, 0.3) is 0 Å². The number of rotatable bonds is 6. The lowest BCUT2D eigenvalue weighted by molar-refractivity contribution is 0.0947. The average Bonchev–Trinajstić information content (AvgIpc) is 3.10. The molecular formula is C20H24N2O2. The van der Waals surface area contributed by atoms with Crippen molar-refractivity contribution in [1.29, 1.82) is 0 Å². The maximum absolute atomic E-state index is 12.5. The molecule has 0 radical (unpaired) electrons. The zero-order valence-electron chi connectivity index (χ0n) is 14.1. The Morgan fingerprint density at radius 2 is 1.92 bits per heavy atom. The molecule has 4 nitrogen and oxygen atoms in total. The number of anilines is 1. The van der Waals surface area contributed by atoms with Crippen molar-refractivity contribution >= 4 is 11.6 Å². The molecular weight excluding hydrogens is 300 g/mol. The molecule has 1 fully saturated rings. The molecule has 1 aliphatic heterocycles. The summed E-state index contributed by atoms with van der Waals surface area (Å²) in [7, 11) is 0. The lowest BCUT2D eigenvalue weighted by atomic mass is 10.1. The summed E-state index contributed by atoms with van der Waals surface area (Å²) in [6.45, 7) is 4.16. The van der Waals surface area contributed by atoms with E-state index in [2.05, 4.69) is 34.5 Å². The minimum Gasteiger partial charge on any atom is -0.493 e. The largest absolute Gasteiger partial charge is 0.493 e. The molecule has 0 spiro atoms. The van der Waals surface area contributed by atoms with Crippen LogP contribution in [0.5, 0.6) is 5.75 Å². The maximum atomic E-state index is 12.5. The van der Waals surface area contributed by atoms with Gasteiger partial charge in [0.2, 0.25) is 0 Å². The maximum Gasteiger partial charge on any atom is 0.255 e. The Labute approximate surface area is 143 Å². The van der Waals surface area contributed by atoms with Crippen LogP contribution < -0.4 is 15.0 Å². The molecule has 0 bridgehead atoms. The van der Waals surface area contributed by atoms with Crippen molar-refractivity contribution < 1.29 is 9.53 Å². The molecule has 126 valence electrons. The van der Waals surface area contributed by atoms with Crippen molar-refractivity contribution in [3.63, 3.8) is 0 Å². The van der Waals surface area contributed by atoms with Crippen LogP contribution in [0.4, 0.5) is 5.69 Å². The minimum absolute atomic E-state index is 0.0704. The summed E-state index contributed by atoms with van der Waals surface area (Å²) in [5, 5.41) is 3.08. The van der Waals surface area contributed by atoms with Gasteiger partial charge in [-0.3, -0.25) is 4.79 Å². The Balaban J connectivity index is 1.64. The molecule has 0 saturated carbocycles. The highest BCUT2D eigenvalue weighted by atomic mass is 16.5. The molecule has 1 unspecified atom stereocenters. The summed E-state index contributed by atoms with van der Waals surface area (Å²) in [5.41, 5.74) is 1.83. The zero-order chi connectivity index (χ0) is 16.8. The molecule has 1 atom stereocenters. The normalized spacial score (nSPS) is 16.9. The minimum atomic E-state index is -0.0704. The van der Waals surface area contributed by atoms with Crippen molar-refractivity contribution in [2.75, 3.05) is 24.6 Å². The Hall–Kier alpha value is -2.49. The molecule has 1 heterocycles. The van der Waals surface area contributed by atoms with Crippen LogP contribution in [0.15, 0.2) is 54.6 Å². The van der Waals surface area contributed by atoms with Gasteiger partial charge in [-0.2, -0.15) is 0 Å². The summed E-state index contributed by atoms with van der Waals surface area (Å²) in [6.07, 6.45) is 2.26. The van der Waals surface area contributed by atoms with Crippen molar-refractivity contribution in [2.45, 2.75) is 25.8 Å². The van der Waals surface area contributed by atoms with E-state index >= 15 is 0 Å². The number of para-hydroxylation sites is 2. The number of carbonyl (C=O) groups excluding carboxylic acids is 1. The van der Waals surface area contributed by atoms with E-state index in [4.69, 9.17) is 4.74 Å². The number of hydrogen-bond acceptors (Lipinski definition) is 3. The van der Waals surface area contributed by atoms with Crippen molar-refractivity contribution in [2.24, 2.45) is 0 Å².